The Bertz CT molecular complexity index is 1520. The number of rotatable bonds is 7. The summed E-state index contributed by atoms with van der Waals surface area (Å²) in [6.45, 7) is 2.82. The molecule has 2 aromatic heterocycles. The maximum Gasteiger partial charge on any atom is 0.253 e. The van der Waals surface area contributed by atoms with Gasteiger partial charge in [-0.1, -0.05) is 19.3 Å². The molecule has 0 radical (unpaired) electrons. The van der Waals surface area contributed by atoms with Gasteiger partial charge in [0.15, 0.2) is 17.3 Å². The SMILES string of the molecule is COc1cc2cc([C@H](c3nnnn3C3CCCCC3)N3CCN(c4ccc(F)cc4)CC3)c(=O)[nH]c2cc1OC. The second kappa shape index (κ2) is 11.2. The molecular formula is C29H34FN7O3. The molecule has 1 atom stereocenters. The highest BCUT2D eigenvalue weighted by Crippen LogP contribution is 2.36. The van der Waals surface area contributed by atoms with Gasteiger partial charge in [0, 0.05) is 48.9 Å². The van der Waals surface area contributed by atoms with Gasteiger partial charge in [-0.25, -0.2) is 9.07 Å². The molecule has 2 aliphatic rings. The number of halogens is 1. The number of methoxy groups -OCH3 is 2. The molecule has 1 N–H and O–H groups in total. The van der Waals surface area contributed by atoms with Gasteiger partial charge in [-0.15, -0.1) is 5.10 Å². The lowest BCUT2D eigenvalue weighted by Crippen LogP contribution is -2.49. The van der Waals surface area contributed by atoms with Gasteiger partial charge in [-0.2, -0.15) is 0 Å². The number of piperazine rings is 1. The third-order valence-corrected chi connectivity index (χ3v) is 8.23. The zero-order valence-electron chi connectivity index (χ0n) is 22.8. The number of fused-ring (bicyclic) bond motifs is 1. The smallest absolute Gasteiger partial charge is 0.253 e. The van der Waals surface area contributed by atoms with Crippen molar-refractivity contribution in [1.82, 2.24) is 30.1 Å². The highest BCUT2D eigenvalue weighted by atomic mass is 19.1. The molecule has 11 heteroatoms. The fourth-order valence-electron chi connectivity index (χ4n) is 6.11. The van der Waals surface area contributed by atoms with E-state index in [1.54, 1.807) is 20.3 Å². The molecule has 1 aliphatic heterocycles. The Hall–Kier alpha value is -3.99. The van der Waals surface area contributed by atoms with Crippen molar-refractivity contribution in [3.05, 3.63) is 70.0 Å². The molecule has 1 aliphatic carbocycles. The molecule has 2 aromatic carbocycles. The molecule has 6 rings (SSSR count). The van der Waals surface area contributed by atoms with Gasteiger partial charge in [0.2, 0.25) is 0 Å². The van der Waals surface area contributed by atoms with E-state index < -0.39 is 6.04 Å². The van der Waals surface area contributed by atoms with Crippen molar-refractivity contribution in [2.75, 3.05) is 45.3 Å². The summed E-state index contributed by atoms with van der Waals surface area (Å²) < 4.78 is 26.4. The summed E-state index contributed by atoms with van der Waals surface area (Å²) in [7, 11) is 3.17. The van der Waals surface area contributed by atoms with Crippen molar-refractivity contribution in [3.63, 3.8) is 0 Å². The molecule has 3 heterocycles. The van der Waals surface area contributed by atoms with Crippen LogP contribution >= 0.6 is 0 Å². The van der Waals surface area contributed by atoms with E-state index in [-0.39, 0.29) is 17.4 Å². The van der Waals surface area contributed by atoms with Gasteiger partial charge in [-0.3, -0.25) is 9.69 Å². The lowest BCUT2D eigenvalue weighted by atomic mass is 9.95. The molecular weight excluding hydrogens is 513 g/mol. The summed E-state index contributed by atoms with van der Waals surface area (Å²) >= 11 is 0. The summed E-state index contributed by atoms with van der Waals surface area (Å²) in [6.07, 6.45) is 5.55. The lowest BCUT2D eigenvalue weighted by molar-refractivity contribution is 0.192. The third-order valence-electron chi connectivity index (χ3n) is 8.23. The molecule has 2 fully saturated rings. The van der Waals surface area contributed by atoms with Crippen molar-refractivity contribution < 1.29 is 13.9 Å². The third kappa shape index (κ3) is 5.01. The first-order valence-corrected chi connectivity index (χ1v) is 13.9. The van der Waals surface area contributed by atoms with Crippen LogP contribution < -0.4 is 19.9 Å². The standard InChI is InChI=1S/C29H34FN7O3/c1-39-25-17-19-16-23(29(38)31-24(19)18-26(25)40-2)27(28-32-33-34-37(28)22-6-4-3-5-7-22)36-14-12-35(13-15-36)21-10-8-20(30)9-11-21/h8-11,16-18,22,27H,3-7,12-15H2,1-2H3,(H,31,38)/t27-/m1/s1. The molecule has 210 valence electrons. The van der Waals surface area contributed by atoms with E-state index in [4.69, 9.17) is 9.47 Å². The zero-order valence-corrected chi connectivity index (χ0v) is 22.8. The summed E-state index contributed by atoms with van der Waals surface area (Å²) in [4.78, 5) is 21.3. The topological polar surface area (TPSA) is 101 Å². The predicted molar refractivity (Wildman–Crippen MR) is 150 cm³/mol. The molecule has 4 aromatic rings. The minimum absolute atomic E-state index is 0.191. The minimum Gasteiger partial charge on any atom is -0.493 e. The second-order valence-corrected chi connectivity index (χ2v) is 10.5. The van der Waals surface area contributed by atoms with Crippen molar-refractivity contribution >= 4 is 16.6 Å². The molecule has 10 nitrogen and oxygen atoms in total. The molecule has 0 bridgehead atoms. The van der Waals surface area contributed by atoms with Gasteiger partial charge in [0.1, 0.15) is 11.9 Å². The lowest BCUT2D eigenvalue weighted by Gasteiger charge is -2.40. The van der Waals surface area contributed by atoms with Gasteiger partial charge in [-0.05, 0) is 59.7 Å². The zero-order chi connectivity index (χ0) is 27.6. The first-order chi connectivity index (χ1) is 19.6. The summed E-state index contributed by atoms with van der Waals surface area (Å²) in [5.41, 5.74) is 2.04. The number of nitrogens with one attached hydrogen (secondary N) is 1. The van der Waals surface area contributed by atoms with E-state index in [1.807, 2.05) is 28.9 Å². The average Bonchev–Trinajstić information content (AvgIpc) is 3.47. The largest absolute Gasteiger partial charge is 0.493 e. The monoisotopic (exact) mass is 547 g/mol. The van der Waals surface area contributed by atoms with Crippen LogP contribution in [0.2, 0.25) is 0 Å². The number of aromatic amines is 1. The summed E-state index contributed by atoms with van der Waals surface area (Å²) in [6, 6.07) is 11.9. The summed E-state index contributed by atoms with van der Waals surface area (Å²) in [5, 5.41) is 13.9. The molecule has 0 spiro atoms. The van der Waals surface area contributed by atoms with Crippen LogP contribution in [0.3, 0.4) is 0 Å². The van der Waals surface area contributed by atoms with Crippen molar-refractivity contribution in [1.29, 1.82) is 0 Å². The Labute approximate surface area is 231 Å². The van der Waals surface area contributed by atoms with Crippen LogP contribution in [0.5, 0.6) is 11.5 Å². The van der Waals surface area contributed by atoms with Crippen LogP contribution in [0.15, 0.2) is 47.3 Å². The van der Waals surface area contributed by atoms with E-state index in [2.05, 4.69) is 30.3 Å². The Balaban J connectivity index is 1.40. The number of H-pyrrole nitrogens is 1. The van der Waals surface area contributed by atoms with Crippen LogP contribution in [0.4, 0.5) is 10.1 Å². The normalized spacial score (nSPS) is 17.7. The van der Waals surface area contributed by atoms with E-state index in [0.717, 1.165) is 49.8 Å². The number of nitrogens with zero attached hydrogens (tertiary/aromatic N) is 6. The molecule has 1 saturated heterocycles. The van der Waals surface area contributed by atoms with Crippen molar-refractivity contribution in [2.45, 2.75) is 44.2 Å². The number of hydrogen-bond acceptors (Lipinski definition) is 8. The van der Waals surface area contributed by atoms with Crippen molar-refractivity contribution in [2.24, 2.45) is 0 Å². The first kappa shape index (κ1) is 26.2. The van der Waals surface area contributed by atoms with Crippen molar-refractivity contribution in [3.8, 4) is 11.5 Å². The van der Waals surface area contributed by atoms with E-state index in [1.165, 1.54) is 18.6 Å². The average molecular weight is 548 g/mol. The Morgan fingerprint density at radius 1 is 0.950 bits per heavy atom. The fraction of sp³-hybridized carbons (Fsp3) is 0.448. The Morgan fingerprint density at radius 2 is 1.65 bits per heavy atom. The fourth-order valence-corrected chi connectivity index (χ4v) is 6.11. The Morgan fingerprint density at radius 3 is 2.35 bits per heavy atom. The van der Waals surface area contributed by atoms with Crippen LogP contribution in [0.1, 0.15) is 55.6 Å². The van der Waals surface area contributed by atoms with Crippen LogP contribution in [-0.2, 0) is 0 Å². The van der Waals surface area contributed by atoms with Gasteiger partial charge < -0.3 is 19.4 Å². The van der Waals surface area contributed by atoms with E-state index >= 15 is 0 Å². The first-order valence-electron chi connectivity index (χ1n) is 13.9. The highest BCUT2D eigenvalue weighted by Gasteiger charge is 2.34. The Kier molecular flexibility index (Phi) is 7.38. The van der Waals surface area contributed by atoms with E-state index in [0.29, 0.717) is 41.5 Å². The van der Waals surface area contributed by atoms with Gasteiger partial charge in [0.05, 0.1) is 25.8 Å². The number of benzene rings is 2. The number of aromatic nitrogens is 5. The molecule has 0 unspecified atom stereocenters. The van der Waals surface area contributed by atoms with Gasteiger partial charge in [0.25, 0.3) is 5.56 Å². The number of ether oxygens (including phenoxy) is 2. The molecule has 40 heavy (non-hydrogen) atoms. The van der Waals surface area contributed by atoms with Crippen LogP contribution in [-0.4, -0.2) is 70.5 Å². The number of pyridine rings is 1. The molecule has 1 saturated carbocycles. The number of anilines is 1. The minimum atomic E-state index is -0.437. The quantitative estimate of drug-likeness (QED) is 0.369. The summed E-state index contributed by atoms with van der Waals surface area (Å²) in [5.74, 6) is 1.58. The number of tetrazole rings is 1. The van der Waals surface area contributed by atoms with Gasteiger partial charge >= 0.3 is 0 Å². The maximum atomic E-state index is 13.7. The van der Waals surface area contributed by atoms with Crippen LogP contribution in [0, 0.1) is 5.82 Å². The second-order valence-electron chi connectivity index (χ2n) is 10.5. The number of hydrogen-bond donors (Lipinski definition) is 1. The van der Waals surface area contributed by atoms with E-state index in [9.17, 15) is 9.18 Å². The molecule has 0 amide bonds. The van der Waals surface area contributed by atoms with Crippen LogP contribution in [0.25, 0.3) is 10.9 Å². The maximum absolute atomic E-state index is 13.7. The highest BCUT2D eigenvalue weighted by molar-refractivity contribution is 5.83. The predicted octanol–water partition coefficient (Wildman–Crippen LogP) is 4.09.